The maximum absolute atomic E-state index is 12.5. The van der Waals surface area contributed by atoms with E-state index in [-0.39, 0.29) is 28.7 Å². The monoisotopic (exact) mass is 522 g/mol. The number of carbonyl (C=O) groups is 1. The van der Waals surface area contributed by atoms with Crippen LogP contribution in [0.25, 0.3) is 0 Å². The van der Waals surface area contributed by atoms with Crippen LogP contribution < -0.4 is 9.44 Å². The summed E-state index contributed by atoms with van der Waals surface area (Å²) in [6.45, 7) is 7.46. The number of piperazine rings is 1. The third-order valence-electron chi connectivity index (χ3n) is 5.96. The fourth-order valence-electron chi connectivity index (χ4n) is 3.78. The van der Waals surface area contributed by atoms with Gasteiger partial charge in [-0.1, -0.05) is 35.4 Å². The molecule has 1 aliphatic heterocycles. The molecule has 2 aromatic rings. The molecule has 3 rings (SSSR count). The van der Waals surface area contributed by atoms with Crippen molar-refractivity contribution in [1.29, 1.82) is 0 Å². The highest BCUT2D eigenvalue weighted by atomic mass is 32.2. The highest BCUT2D eigenvalue weighted by Gasteiger charge is 2.22. The summed E-state index contributed by atoms with van der Waals surface area (Å²) in [6.07, 6.45) is 0.770. The predicted molar refractivity (Wildman–Crippen MR) is 135 cm³/mol. The molecule has 9 nitrogen and oxygen atoms in total. The van der Waals surface area contributed by atoms with Crippen molar-refractivity contribution in [1.82, 2.24) is 19.2 Å². The van der Waals surface area contributed by atoms with Crippen LogP contribution in [-0.2, 0) is 24.8 Å². The van der Waals surface area contributed by atoms with E-state index in [0.717, 1.165) is 17.7 Å². The number of benzene rings is 2. The summed E-state index contributed by atoms with van der Waals surface area (Å²) in [4.78, 5) is 16.9. The lowest BCUT2D eigenvalue weighted by atomic mass is 10.2. The topological polar surface area (TPSA) is 116 Å². The minimum absolute atomic E-state index is 0.0520. The van der Waals surface area contributed by atoms with Crippen LogP contribution in [0.3, 0.4) is 0 Å². The van der Waals surface area contributed by atoms with Crippen molar-refractivity contribution in [2.75, 3.05) is 45.8 Å². The molecule has 35 heavy (non-hydrogen) atoms. The van der Waals surface area contributed by atoms with Crippen molar-refractivity contribution in [3.63, 3.8) is 0 Å². The van der Waals surface area contributed by atoms with Crippen molar-refractivity contribution in [2.45, 2.75) is 36.5 Å². The SMILES string of the molecule is Cc1ccc(S(=O)(=O)NCCCN2CCN(C(=O)CCNS(=O)(=O)c3ccc(C)cc3)CC2)cc1. The highest BCUT2D eigenvalue weighted by molar-refractivity contribution is 7.89. The van der Waals surface area contributed by atoms with Gasteiger partial charge in [0.05, 0.1) is 9.79 Å². The van der Waals surface area contributed by atoms with E-state index in [9.17, 15) is 21.6 Å². The molecule has 192 valence electrons. The fraction of sp³-hybridized carbons (Fsp3) is 0.458. The lowest BCUT2D eigenvalue weighted by Crippen LogP contribution is -2.49. The molecule has 0 bridgehead atoms. The van der Waals surface area contributed by atoms with Gasteiger partial charge in [-0.15, -0.1) is 0 Å². The number of nitrogens with zero attached hydrogens (tertiary/aromatic N) is 2. The molecule has 0 spiro atoms. The van der Waals surface area contributed by atoms with E-state index in [1.807, 2.05) is 13.8 Å². The normalized spacial score (nSPS) is 15.3. The second-order valence-corrected chi connectivity index (χ2v) is 12.3. The number of amides is 1. The van der Waals surface area contributed by atoms with Crippen LogP contribution in [0.1, 0.15) is 24.0 Å². The number of hydrogen-bond acceptors (Lipinski definition) is 6. The van der Waals surface area contributed by atoms with E-state index < -0.39 is 20.0 Å². The molecule has 0 saturated carbocycles. The Morgan fingerprint density at radius 1 is 0.743 bits per heavy atom. The average molecular weight is 523 g/mol. The Kier molecular flexibility index (Phi) is 9.42. The van der Waals surface area contributed by atoms with Crippen LogP contribution in [0.5, 0.6) is 0 Å². The molecule has 0 aliphatic carbocycles. The second-order valence-electron chi connectivity index (χ2n) is 8.75. The largest absolute Gasteiger partial charge is 0.340 e. The minimum atomic E-state index is -3.63. The number of nitrogens with one attached hydrogen (secondary N) is 2. The lowest BCUT2D eigenvalue weighted by molar-refractivity contribution is -0.132. The fourth-order valence-corrected chi connectivity index (χ4v) is 5.89. The first-order chi connectivity index (χ1) is 16.6. The molecule has 1 saturated heterocycles. The van der Waals surface area contributed by atoms with E-state index in [2.05, 4.69) is 14.3 Å². The van der Waals surface area contributed by atoms with Crippen molar-refractivity contribution < 1.29 is 21.6 Å². The van der Waals surface area contributed by atoms with Gasteiger partial charge in [-0.2, -0.15) is 0 Å². The summed E-state index contributed by atoms with van der Waals surface area (Å²) in [5.74, 6) is -0.0814. The van der Waals surface area contributed by atoms with Gasteiger partial charge in [0.15, 0.2) is 0 Å². The maximum atomic E-state index is 12.5. The zero-order valence-electron chi connectivity index (χ0n) is 20.2. The number of rotatable bonds is 11. The summed E-state index contributed by atoms with van der Waals surface area (Å²) in [7, 11) is -7.14. The van der Waals surface area contributed by atoms with Crippen LogP contribution in [-0.4, -0.2) is 78.4 Å². The van der Waals surface area contributed by atoms with Crippen LogP contribution in [0.15, 0.2) is 58.3 Å². The molecular weight excluding hydrogens is 488 g/mol. The standard InChI is InChI=1S/C24H34N4O5S2/c1-20-4-8-22(9-5-20)34(30,31)25-13-3-15-27-16-18-28(19-17-27)24(29)12-14-26-35(32,33)23-10-6-21(2)7-11-23/h4-11,25-26H,3,12-19H2,1-2H3. The quantitative estimate of drug-likeness (QED) is 0.432. The van der Waals surface area contributed by atoms with Crippen molar-refractivity contribution in [3.05, 3.63) is 59.7 Å². The Balaban J connectivity index is 1.33. The molecule has 11 heteroatoms. The minimum Gasteiger partial charge on any atom is -0.340 e. The van der Waals surface area contributed by atoms with Crippen LogP contribution in [0.4, 0.5) is 0 Å². The summed E-state index contributed by atoms with van der Waals surface area (Å²) in [5, 5.41) is 0. The van der Waals surface area contributed by atoms with E-state index in [1.165, 1.54) is 0 Å². The van der Waals surface area contributed by atoms with Crippen molar-refractivity contribution >= 4 is 26.0 Å². The van der Waals surface area contributed by atoms with Crippen LogP contribution in [0.2, 0.25) is 0 Å². The summed E-state index contributed by atoms with van der Waals surface area (Å²) in [6, 6.07) is 13.3. The highest BCUT2D eigenvalue weighted by Crippen LogP contribution is 2.11. The first kappa shape index (κ1) is 27.3. The molecule has 2 N–H and O–H groups in total. The smallest absolute Gasteiger partial charge is 0.240 e. The Morgan fingerprint density at radius 3 is 1.69 bits per heavy atom. The van der Waals surface area contributed by atoms with Crippen LogP contribution in [0, 0.1) is 13.8 Å². The average Bonchev–Trinajstić information content (AvgIpc) is 2.82. The molecule has 1 fully saturated rings. The third-order valence-corrected chi connectivity index (χ3v) is 8.92. The molecule has 0 atom stereocenters. The number of hydrogen-bond donors (Lipinski definition) is 2. The van der Waals surface area contributed by atoms with Gasteiger partial charge in [0, 0.05) is 45.7 Å². The van der Waals surface area contributed by atoms with Gasteiger partial charge in [0.25, 0.3) is 0 Å². The molecule has 0 aromatic heterocycles. The van der Waals surface area contributed by atoms with Gasteiger partial charge in [-0.3, -0.25) is 9.69 Å². The molecule has 0 radical (unpaired) electrons. The second kappa shape index (κ2) is 12.1. The summed E-state index contributed by atoms with van der Waals surface area (Å²) < 4.78 is 54.5. The van der Waals surface area contributed by atoms with Gasteiger partial charge in [-0.25, -0.2) is 26.3 Å². The van der Waals surface area contributed by atoms with Gasteiger partial charge >= 0.3 is 0 Å². The maximum Gasteiger partial charge on any atom is 0.240 e. The Hall–Kier alpha value is -2.31. The lowest BCUT2D eigenvalue weighted by Gasteiger charge is -2.34. The number of carbonyl (C=O) groups excluding carboxylic acids is 1. The third kappa shape index (κ3) is 8.11. The first-order valence-corrected chi connectivity index (χ1v) is 14.7. The summed E-state index contributed by atoms with van der Waals surface area (Å²) in [5.41, 5.74) is 1.98. The molecule has 1 heterocycles. The van der Waals surface area contributed by atoms with E-state index in [4.69, 9.17) is 0 Å². The van der Waals surface area contributed by atoms with Gasteiger partial charge in [-0.05, 0) is 51.1 Å². The van der Waals surface area contributed by atoms with Crippen molar-refractivity contribution in [3.8, 4) is 0 Å². The van der Waals surface area contributed by atoms with Gasteiger partial charge < -0.3 is 4.90 Å². The van der Waals surface area contributed by atoms with E-state index in [1.54, 1.807) is 53.4 Å². The van der Waals surface area contributed by atoms with E-state index >= 15 is 0 Å². The molecular formula is C24H34N4O5S2. The molecule has 2 aromatic carbocycles. The summed E-state index contributed by atoms with van der Waals surface area (Å²) >= 11 is 0. The van der Waals surface area contributed by atoms with E-state index in [0.29, 0.717) is 39.1 Å². The number of aryl methyl sites for hydroxylation is 2. The zero-order valence-corrected chi connectivity index (χ0v) is 21.9. The number of sulfonamides is 2. The molecule has 1 aliphatic rings. The Bertz CT molecular complexity index is 1190. The molecule has 1 amide bonds. The van der Waals surface area contributed by atoms with Gasteiger partial charge in [0.1, 0.15) is 0 Å². The Morgan fingerprint density at radius 2 is 1.20 bits per heavy atom. The zero-order chi connectivity index (χ0) is 25.5. The predicted octanol–water partition coefficient (Wildman–Crippen LogP) is 1.48. The Labute approximate surface area is 208 Å². The molecule has 0 unspecified atom stereocenters. The van der Waals surface area contributed by atoms with Crippen molar-refractivity contribution in [2.24, 2.45) is 0 Å². The van der Waals surface area contributed by atoms with Crippen LogP contribution >= 0.6 is 0 Å². The van der Waals surface area contributed by atoms with Gasteiger partial charge in [0.2, 0.25) is 26.0 Å². The first-order valence-electron chi connectivity index (χ1n) is 11.7.